The highest BCUT2D eigenvalue weighted by Gasteiger charge is 2.01. The predicted octanol–water partition coefficient (Wildman–Crippen LogP) is 0.664. The maximum absolute atomic E-state index is 11.3. The largest absolute Gasteiger partial charge is 0.481 e. The van der Waals surface area contributed by atoms with E-state index in [1.54, 1.807) is 0 Å². The summed E-state index contributed by atoms with van der Waals surface area (Å²) in [5, 5.41) is 13.8. The number of unbranched alkanes of at least 4 members (excludes halogenated alkanes) is 2. The minimum absolute atomic E-state index is 0.0360. The number of rotatable bonds is 10. The van der Waals surface area contributed by atoms with Gasteiger partial charge in [-0.05, 0) is 19.3 Å². The molecule has 0 aromatic rings. The Bertz CT molecular complexity index is 279. The molecule has 0 aromatic carbocycles. The van der Waals surface area contributed by atoms with Crippen molar-refractivity contribution in [2.45, 2.75) is 45.4 Å². The molecule has 0 unspecified atom stereocenters. The molecule has 0 heterocycles. The van der Waals surface area contributed by atoms with E-state index in [2.05, 4.69) is 10.6 Å². The van der Waals surface area contributed by atoms with Gasteiger partial charge in [0.2, 0.25) is 11.8 Å². The molecule has 3 N–H and O–H groups in total. The molecule has 0 rings (SSSR count). The zero-order valence-electron chi connectivity index (χ0n) is 10.8. The number of aliphatic carboxylic acids is 1. The zero-order chi connectivity index (χ0) is 13.8. The number of hydrogen-bond acceptors (Lipinski definition) is 3. The van der Waals surface area contributed by atoms with Crippen LogP contribution in [0.1, 0.15) is 45.4 Å². The fourth-order valence-corrected chi connectivity index (χ4v) is 1.41. The molecule has 6 heteroatoms. The fourth-order valence-electron chi connectivity index (χ4n) is 1.41. The Balaban J connectivity index is 3.26. The smallest absolute Gasteiger partial charge is 0.303 e. The summed E-state index contributed by atoms with van der Waals surface area (Å²) in [6.45, 7) is 2.54. The molecule has 0 aromatic heterocycles. The van der Waals surface area contributed by atoms with Crippen LogP contribution in [0.2, 0.25) is 0 Å². The molecule has 0 bridgehead atoms. The summed E-state index contributed by atoms with van der Waals surface area (Å²) in [4.78, 5) is 32.1. The topological polar surface area (TPSA) is 95.5 Å². The maximum atomic E-state index is 11.3. The van der Waals surface area contributed by atoms with E-state index in [0.717, 1.165) is 19.3 Å². The second kappa shape index (κ2) is 10.6. The SMILES string of the molecule is CC(=O)NCCCCCC(=O)NCCCC(=O)O. The zero-order valence-corrected chi connectivity index (χ0v) is 10.8. The quantitative estimate of drug-likeness (QED) is 0.502. The van der Waals surface area contributed by atoms with Gasteiger partial charge in [0.25, 0.3) is 0 Å². The van der Waals surface area contributed by atoms with Crippen LogP contribution in [-0.2, 0) is 14.4 Å². The number of carboxylic acids is 1. The first-order chi connectivity index (χ1) is 8.52. The molecule has 0 aliphatic carbocycles. The molecule has 0 atom stereocenters. The van der Waals surface area contributed by atoms with E-state index in [-0.39, 0.29) is 18.2 Å². The standard InChI is InChI=1S/C12H22N2O4/c1-10(15)13-8-4-2-3-6-11(16)14-9-5-7-12(17)18/h2-9H2,1H3,(H,13,15)(H,14,16)(H,17,18). The highest BCUT2D eigenvalue weighted by atomic mass is 16.4. The van der Waals surface area contributed by atoms with Crippen molar-refractivity contribution in [1.29, 1.82) is 0 Å². The van der Waals surface area contributed by atoms with Crippen molar-refractivity contribution in [2.75, 3.05) is 13.1 Å². The van der Waals surface area contributed by atoms with E-state index in [9.17, 15) is 14.4 Å². The van der Waals surface area contributed by atoms with E-state index in [0.29, 0.717) is 25.9 Å². The van der Waals surface area contributed by atoms with Gasteiger partial charge in [0.1, 0.15) is 0 Å². The van der Waals surface area contributed by atoms with Crippen molar-refractivity contribution in [3.8, 4) is 0 Å². The van der Waals surface area contributed by atoms with Gasteiger partial charge in [-0.15, -0.1) is 0 Å². The van der Waals surface area contributed by atoms with Crippen LogP contribution < -0.4 is 10.6 Å². The summed E-state index contributed by atoms with van der Waals surface area (Å²) in [6.07, 6.45) is 3.53. The Labute approximate surface area is 107 Å². The first-order valence-electron chi connectivity index (χ1n) is 6.25. The summed E-state index contributed by atoms with van der Waals surface area (Å²) >= 11 is 0. The van der Waals surface area contributed by atoms with Crippen LogP contribution in [0.3, 0.4) is 0 Å². The first-order valence-corrected chi connectivity index (χ1v) is 6.25. The van der Waals surface area contributed by atoms with Gasteiger partial charge in [0.05, 0.1) is 0 Å². The molecule has 0 saturated heterocycles. The van der Waals surface area contributed by atoms with Crippen molar-refractivity contribution >= 4 is 17.8 Å². The molecular weight excluding hydrogens is 236 g/mol. The van der Waals surface area contributed by atoms with Gasteiger partial charge in [-0.1, -0.05) is 6.42 Å². The van der Waals surface area contributed by atoms with Crippen LogP contribution >= 0.6 is 0 Å². The molecule has 6 nitrogen and oxygen atoms in total. The highest BCUT2D eigenvalue weighted by Crippen LogP contribution is 1.99. The van der Waals surface area contributed by atoms with Gasteiger partial charge >= 0.3 is 5.97 Å². The van der Waals surface area contributed by atoms with E-state index in [1.807, 2.05) is 0 Å². The lowest BCUT2D eigenvalue weighted by molar-refractivity contribution is -0.137. The number of carboxylic acid groups (broad SMARTS) is 1. The normalized spacial score (nSPS) is 9.83. The van der Waals surface area contributed by atoms with E-state index in [1.165, 1.54) is 6.92 Å². The van der Waals surface area contributed by atoms with Crippen molar-refractivity contribution in [2.24, 2.45) is 0 Å². The lowest BCUT2D eigenvalue weighted by atomic mass is 10.2. The summed E-state index contributed by atoms with van der Waals surface area (Å²) in [6, 6.07) is 0. The van der Waals surface area contributed by atoms with Crippen LogP contribution in [-0.4, -0.2) is 36.0 Å². The molecule has 2 amide bonds. The highest BCUT2D eigenvalue weighted by molar-refractivity contribution is 5.75. The van der Waals surface area contributed by atoms with Crippen LogP contribution in [0.25, 0.3) is 0 Å². The van der Waals surface area contributed by atoms with Crippen LogP contribution in [0.5, 0.6) is 0 Å². The molecule has 0 spiro atoms. The second-order valence-electron chi connectivity index (χ2n) is 4.14. The molecule has 0 fully saturated rings. The number of hydrogen-bond donors (Lipinski definition) is 3. The van der Waals surface area contributed by atoms with Crippen molar-refractivity contribution in [3.05, 3.63) is 0 Å². The molecule has 0 aliphatic heterocycles. The van der Waals surface area contributed by atoms with E-state index in [4.69, 9.17) is 5.11 Å². The maximum Gasteiger partial charge on any atom is 0.303 e. The van der Waals surface area contributed by atoms with Gasteiger partial charge in [-0.25, -0.2) is 0 Å². The third kappa shape index (κ3) is 12.5. The first kappa shape index (κ1) is 16.4. The lowest BCUT2D eigenvalue weighted by Crippen LogP contribution is -2.24. The molecule has 0 aliphatic rings. The van der Waals surface area contributed by atoms with Gasteiger partial charge in [-0.2, -0.15) is 0 Å². The molecule has 0 saturated carbocycles. The summed E-state index contributed by atoms with van der Waals surface area (Å²) < 4.78 is 0. The Morgan fingerprint density at radius 3 is 2.17 bits per heavy atom. The Morgan fingerprint density at radius 2 is 1.56 bits per heavy atom. The van der Waals surface area contributed by atoms with Gasteiger partial charge in [-0.3, -0.25) is 14.4 Å². The molecule has 104 valence electrons. The number of carbonyl (C=O) groups excluding carboxylic acids is 2. The summed E-state index contributed by atoms with van der Waals surface area (Å²) in [5.74, 6) is -0.923. The number of amides is 2. The van der Waals surface area contributed by atoms with Gasteiger partial charge < -0.3 is 15.7 Å². The van der Waals surface area contributed by atoms with Crippen molar-refractivity contribution < 1.29 is 19.5 Å². The number of nitrogens with one attached hydrogen (secondary N) is 2. The van der Waals surface area contributed by atoms with Gasteiger partial charge in [0.15, 0.2) is 0 Å². The lowest BCUT2D eigenvalue weighted by Gasteiger charge is -2.04. The minimum atomic E-state index is -0.845. The predicted molar refractivity (Wildman–Crippen MR) is 67.0 cm³/mol. The minimum Gasteiger partial charge on any atom is -0.481 e. The second-order valence-corrected chi connectivity index (χ2v) is 4.14. The molecule has 18 heavy (non-hydrogen) atoms. The Morgan fingerprint density at radius 1 is 0.889 bits per heavy atom. The molecule has 0 radical (unpaired) electrons. The van der Waals surface area contributed by atoms with E-state index >= 15 is 0 Å². The Hall–Kier alpha value is -1.59. The average molecular weight is 258 g/mol. The van der Waals surface area contributed by atoms with Crippen molar-refractivity contribution in [1.82, 2.24) is 10.6 Å². The Kier molecular flexibility index (Phi) is 9.62. The number of carbonyl (C=O) groups is 3. The fraction of sp³-hybridized carbons (Fsp3) is 0.750. The summed E-state index contributed by atoms with van der Waals surface area (Å²) in [7, 11) is 0. The summed E-state index contributed by atoms with van der Waals surface area (Å²) in [5.41, 5.74) is 0. The average Bonchev–Trinajstić information content (AvgIpc) is 2.28. The van der Waals surface area contributed by atoms with Crippen LogP contribution in [0, 0.1) is 0 Å². The third-order valence-electron chi connectivity index (χ3n) is 2.34. The van der Waals surface area contributed by atoms with E-state index < -0.39 is 5.97 Å². The monoisotopic (exact) mass is 258 g/mol. The van der Waals surface area contributed by atoms with Crippen molar-refractivity contribution in [3.63, 3.8) is 0 Å². The third-order valence-corrected chi connectivity index (χ3v) is 2.34. The van der Waals surface area contributed by atoms with Crippen LogP contribution in [0.15, 0.2) is 0 Å². The van der Waals surface area contributed by atoms with Crippen LogP contribution in [0.4, 0.5) is 0 Å². The van der Waals surface area contributed by atoms with Gasteiger partial charge in [0, 0.05) is 32.9 Å². The molecular formula is C12H22N2O4.